The van der Waals surface area contributed by atoms with Crippen molar-refractivity contribution < 1.29 is 4.39 Å². The van der Waals surface area contributed by atoms with Gasteiger partial charge < -0.3 is 0 Å². The van der Waals surface area contributed by atoms with E-state index in [1.165, 1.54) is 0 Å². The lowest BCUT2D eigenvalue weighted by molar-refractivity contribution is 0.344. The van der Waals surface area contributed by atoms with Gasteiger partial charge in [0.05, 0.1) is 5.69 Å². The van der Waals surface area contributed by atoms with Crippen LogP contribution in [0, 0.1) is 6.92 Å². The van der Waals surface area contributed by atoms with E-state index in [-0.39, 0.29) is 6.67 Å². The molecule has 0 saturated carbocycles. The molecule has 0 aromatic carbocycles. The van der Waals surface area contributed by atoms with Gasteiger partial charge in [0.15, 0.2) is 0 Å². The van der Waals surface area contributed by atoms with Gasteiger partial charge in [-0.2, -0.15) is 5.10 Å². The highest BCUT2D eigenvalue weighted by Crippen LogP contribution is 2.21. The van der Waals surface area contributed by atoms with Crippen LogP contribution in [0.3, 0.4) is 0 Å². The van der Waals surface area contributed by atoms with Gasteiger partial charge in [0.2, 0.25) is 0 Å². The fraction of sp³-hybridized carbons (Fsp3) is 0.625. The lowest BCUT2D eigenvalue weighted by Gasteiger charge is -2.17. The molecule has 0 atom stereocenters. The predicted octanol–water partition coefficient (Wildman–Crippen LogP) is 1.97. The van der Waals surface area contributed by atoms with Crippen LogP contribution in [-0.4, -0.2) is 16.9 Å². The van der Waals surface area contributed by atoms with Crippen LogP contribution in [0.2, 0.25) is 0 Å². The molecule has 0 aliphatic rings. The van der Waals surface area contributed by atoms with Gasteiger partial charge in [-0.15, -0.1) is 0 Å². The van der Waals surface area contributed by atoms with Gasteiger partial charge in [0.25, 0.3) is 0 Å². The van der Waals surface area contributed by atoms with Crippen molar-refractivity contribution in [2.45, 2.75) is 26.2 Å². The summed E-state index contributed by atoms with van der Waals surface area (Å²) in [5.41, 5.74) is 1.33. The Bertz CT molecular complexity index is 240. The lowest BCUT2D eigenvalue weighted by Crippen LogP contribution is -2.19. The average molecular weight is 156 g/mol. The largest absolute Gasteiger partial charge is 0.282 e. The molecule has 0 spiro atoms. The molecule has 1 aromatic rings. The molecule has 0 fully saturated rings. The van der Waals surface area contributed by atoms with Gasteiger partial charge in [0.1, 0.15) is 6.67 Å². The number of H-pyrrole nitrogens is 1. The summed E-state index contributed by atoms with van der Waals surface area (Å²) in [5.74, 6) is 0. The van der Waals surface area contributed by atoms with E-state index in [1.54, 1.807) is 0 Å². The molecule has 62 valence electrons. The smallest absolute Gasteiger partial charge is 0.100 e. The highest BCUT2D eigenvalue weighted by atomic mass is 19.1. The minimum absolute atomic E-state index is 0.366. The highest BCUT2D eigenvalue weighted by Gasteiger charge is 2.22. The number of alkyl halides is 1. The molecule has 11 heavy (non-hydrogen) atoms. The molecule has 1 rings (SSSR count). The van der Waals surface area contributed by atoms with Crippen molar-refractivity contribution in [2.75, 3.05) is 6.67 Å². The molecule has 0 aliphatic carbocycles. The summed E-state index contributed by atoms with van der Waals surface area (Å²) in [5, 5.41) is 6.75. The van der Waals surface area contributed by atoms with Crippen LogP contribution >= 0.6 is 0 Å². The van der Waals surface area contributed by atoms with Gasteiger partial charge in [-0.3, -0.25) is 9.49 Å². The minimum atomic E-state index is -0.429. The number of aromatic nitrogens is 2. The molecule has 2 nitrogen and oxygen atoms in total. The fourth-order valence-corrected chi connectivity index (χ4v) is 0.841. The zero-order valence-electron chi connectivity index (χ0n) is 7.11. The molecule has 0 amide bonds. The van der Waals surface area contributed by atoms with Gasteiger partial charge in [-0.1, -0.05) is 13.8 Å². The molecule has 0 aliphatic heterocycles. The monoisotopic (exact) mass is 156 g/mol. The third kappa shape index (κ3) is 1.59. The number of aryl methyl sites for hydroxylation is 1. The lowest BCUT2D eigenvalue weighted by atomic mass is 9.91. The van der Waals surface area contributed by atoms with Crippen LogP contribution in [0.5, 0.6) is 0 Å². The van der Waals surface area contributed by atoms with Crippen LogP contribution < -0.4 is 0 Å². The van der Waals surface area contributed by atoms with Crippen LogP contribution in [0.25, 0.3) is 0 Å². The first-order valence-electron chi connectivity index (χ1n) is 3.65. The zero-order chi connectivity index (χ0) is 8.48. The summed E-state index contributed by atoms with van der Waals surface area (Å²) in [4.78, 5) is 0. The quantitative estimate of drug-likeness (QED) is 0.696. The predicted molar refractivity (Wildman–Crippen MR) is 42.3 cm³/mol. The van der Waals surface area contributed by atoms with Crippen molar-refractivity contribution in [2.24, 2.45) is 0 Å². The number of halogens is 1. The topological polar surface area (TPSA) is 28.7 Å². The van der Waals surface area contributed by atoms with E-state index in [1.807, 2.05) is 26.8 Å². The number of nitrogens with zero attached hydrogens (tertiary/aromatic N) is 1. The summed E-state index contributed by atoms with van der Waals surface area (Å²) < 4.78 is 12.4. The molecular weight excluding hydrogens is 143 g/mol. The fourth-order valence-electron chi connectivity index (χ4n) is 0.841. The van der Waals surface area contributed by atoms with Crippen LogP contribution in [0.1, 0.15) is 25.2 Å². The van der Waals surface area contributed by atoms with Gasteiger partial charge in [-0.25, -0.2) is 0 Å². The molecule has 1 N–H and O–H groups in total. The Kier molecular flexibility index (Phi) is 1.98. The first kappa shape index (κ1) is 8.24. The zero-order valence-corrected chi connectivity index (χ0v) is 7.11. The van der Waals surface area contributed by atoms with Crippen molar-refractivity contribution in [3.8, 4) is 0 Å². The van der Waals surface area contributed by atoms with E-state index in [4.69, 9.17) is 0 Å². The second-order valence-electron chi connectivity index (χ2n) is 3.44. The van der Waals surface area contributed by atoms with Crippen LogP contribution in [0.4, 0.5) is 4.39 Å². The Morgan fingerprint density at radius 1 is 1.64 bits per heavy atom. The number of rotatable bonds is 2. The van der Waals surface area contributed by atoms with Crippen molar-refractivity contribution in [3.63, 3.8) is 0 Å². The second-order valence-corrected chi connectivity index (χ2v) is 3.44. The Hall–Kier alpha value is -0.860. The van der Waals surface area contributed by atoms with E-state index in [0.29, 0.717) is 0 Å². The molecule has 0 saturated heterocycles. The number of nitrogens with one attached hydrogen (secondary N) is 1. The Labute approximate surface area is 65.8 Å². The minimum Gasteiger partial charge on any atom is -0.282 e. The maximum atomic E-state index is 12.4. The van der Waals surface area contributed by atoms with E-state index in [9.17, 15) is 4.39 Å². The molecule has 0 unspecified atom stereocenters. The Morgan fingerprint density at radius 2 is 2.27 bits per heavy atom. The van der Waals surface area contributed by atoms with E-state index in [0.717, 1.165) is 11.4 Å². The van der Waals surface area contributed by atoms with Crippen molar-refractivity contribution in [3.05, 3.63) is 17.5 Å². The SMILES string of the molecule is Cc1cc(C(C)(C)CF)[nH]n1. The molecule has 1 aromatic heterocycles. The summed E-state index contributed by atoms with van der Waals surface area (Å²) >= 11 is 0. The van der Waals surface area contributed by atoms with Gasteiger partial charge in [-0.05, 0) is 13.0 Å². The number of hydrogen-bond acceptors (Lipinski definition) is 1. The van der Waals surface area contributed by atoms with E-state index < -0.39 is 5.41 Å². The Balaban J connectivity index is 2.92. The van der Waals surface area contributed by atoms with Crippen LogP contribution in [0.15, 0.2) is 6.07 Å². The number of hydrogen-bond donors (Lipinski definition) is 1. The molecule has 1 heterocycles. The standard InChI is InChI=1S/C8H13FN2/c1-6-4-7(11-10-6)8(2,3)5-9/h4H,5H2,1-3H3,(H,10,11). The van der Waals surface area contributed by atoms with Crippen molar-refractivity contribution in [1.29, 1.82) is 0 Å². The molecule has 3 heteroatoms. The maximum Gasteiger partial charge on any atom is 0.100 e. The molecule has 0 bridgehead atoms. The summed E-state index contributed by atoms with van der Waals surface area (Å²) in [6.45, 7) is 5.21. The maximum absolute atomic E-state index is 12.4. The van der Waals surface area contributed by atoms with E-state index in [2.05, 4.69) is 10.2 Å². The summed E-state index contributed by atoms with van der Waals surface area (Å²) in [6.07, 6.45) is 0. The van der Waals surface area contributed by atoms with Crippen molar-refractivity contribution >= 4 is 0 Å². The van der Waals surface area contributed by atoms with Gasteiger partial charge in [0, 0.05) is 11.1 Å². The van der Waals surface area contributed by atoms with Crippen molar-refractivity contribution in [1.82, 2.24) is 10.2 Å². The third-order valence-electron chi connectivity index (χ3n) is 1.77. The van der Waals surface area contributed by atoms with Crippen LogP contribution in [-0.2, 0) is 5.41 Å². The molecule has 0 radical (unpaired) electrons. The summed E-state index contributed by atoms with van der Waals surface area (Å²) in [6, 6.07) is 1.87. The first-order chi connectivity index (χ1) is 5.06. The molecular formula is C8H13FN2. The summed E-state index contributed by atoms with van der Waals surface area (Å²) in [7, 11) is 0. The first-order valence-corrected chi connectivity index (χ1v) is 3.65. The highest BCUT2D eigenvalue weighted by molar-refractivity contribution is 5.16. The normalized spacial score (nSPS) is 12.0. The average Bonchev–Trinajstić information content (AvgIpc) is 2.36. The van der Waals surface area contributed by atoms with E-state index >= 15 is 0 Å². The third-order valence-corrected chi connectivity index (χ3v) is 1.77. The number of aromatic amines is 1. The second kappa shape index (κ2) is 2.64. The Morgan fingerprint density at radius 3 is 2.64 bits per heavy atom. The van der Waals surface area contributed by atoms with Gasteiger partial charge >= 0.3 is 0 Å².